The second-order valence-corrected chi connectivity index (χ2v) is 6.56. The Bertz CT molecular complexity index is 359. The summed E-state index contributed by atoms with van der Waals surface area (Å²) in [5.41, 5.74) is -1.51. The first-order valence-electron chi connectivity index (χ1n) is 6.75. The lowest BCUT2D eigenvalue weighted by atomic mass is 9.86. The highest BCUT2D eigenvalue weighted by atomic mass is 16.5. The molecule has 0 spiro atoms. The van der Waals surface area contributed by atoms with E-state index in [4.69, 9.17) is 10.2 Å². The van der Waals surface area contributed by atoms with Gasteiger partial charge in [0.1, 0.15) is 0 Å². The van der Waals surface area contributed by atoms with Crippen molar-refractivity contribution in [2.45, 2.75) is 57.3 Å². The van der Waals surface area contributed by atoms with Crippen molar-refractivity contribution < 1.29 is 25.3 Å². The van der Waals surface area contributed by atoms with Gasteiger partial charge in [-0.25, -0.2) is 0 Å². The molecule has 1 fully saturated rings. The molecule has 0 aromatic carbocycles. The molecule has 1 amide bonds. The number of carbonyl (C=O) groups is 1. The van der Waals surface area contributed by atoms with Crippen molar-refractivity contribution in [3.8, 4) is 0 Å². The summed E-state index contributed by atoms with van der Waals surface area (Å²) < 4.78 is 0. The Labute approximate surface area is 119 Å². The number of hydrogen-bond acceptors (Lipinski definition) is 5. The Morgan fingerprint density at radius 3 is 2.20 bits per heavy atom. The highest BCUT2D eigenvalue weighted by molar-refractivity contribution is 5.81. The van der Waals surface area contributed by atoms with Gasteiger partial charge in [-0.1, -0.05) is 0 Å². The Hall–Kier alpha value is -0.730. The molecule has 20 heavy (non-hydrogen) atoms. The van der Waals surface area contributed by atoms with E-state index in [1.807, 2.05) is 0 Å². The SMILES string of the molecule is CC1(C)CC(C(=O)NC(CO)C(O)CO)C(C)(C)N1[O]. The minimum Gasteiger partial charge on any atom is -0.394 e. The van der Waals surface area contributed by atoms with E-state index >= 15 is 0 Å². The lowest BCUT2D eigenvalue weighted by Gasteiger charge is -2.33. The normalized spacial score (nSPS) is 28.1. The van der Waals surface area contributed by atoms with Crippen LogP contribution in [0.4, 0.5) is 0 Å². The van der Waals surface area contributed by atoms with Gasteiger partial charge in [-0.2, -0.15) is 0 Å². The van der Waals surface area contributed by atoms with E-state index in [2.05, 4.69) is 5.32 Å². The molecule has 0 saturated carbocycles. The average Bonchev–Trinajstić information content (AvgIpc) is 2.55. The van der Waals surface area contributed by atoms with Gasteiger partial charge in [0.15, 0.2) is 0 Å². The van der Waals surface area contributed by atoms with E-state index in [1.165, 1.54) is 0 Å². The Balaban J connectivity index is 2.82. The van der Waals surface area contributed by atoms with Crippen LogP contribution in [0.1, 0.15) is 34.1 Å². The molecule has 0 aromatic heterocycles. The van der Waals surface area contributed by atoms with E-state index < -0.39 is 48.3 Å². The van der Waals surface area contributed by atoms with Gasteiger partial charge >= 0.3 is 0 Å². The quantitative estimate of drug-likeness (QED) is 0.521. The third kappa shape index (κ3) is 3.12. The molecule has 1 saturated heterocycles. The second kappa shape index (κ2) is 5.95. The largest absolute Gasteiger partial charge is 0.394 e. The topological polar surface area (TPSA) is 113 Å². The fourth-order valence-corrected chi connectivity index (χ4v) is 2.84. The number of aliphatic hydroxyl groups is 3. The lowest BCUT2D eigenvalue weighted by molar-refractivity contribution is -0.247. The van der Waals surface area contributed by atoms with Gasteiger partial charge in [-0.15, -0.1) is 10.3 Å². The maximum Gasteiger partial charge on any atom is 0.225 e. The molecule has 1 aliphatic heterocycles. The third-order valence-electron chi connectivity index (χ3n) is 4.12. The van der Waals surface area contributed by atoms with Gasteiger partial charge in [0.2, 0.25) is 5.91 Å². The van der Waals surface area contributed by atoms with Gasteiger partial charge in [-0.05, 0) is 34.1 Å². The molecule has 117 valence electrons. The fourth-order valence-electron chi connectivity index (χ4n) is 2.84. The van der Waals surface area contributed by atoms with Crippen molar-refractivity contribution in [2.24, 2.45) is 5.92 Å². The molecule has 0 aromatic rings. The zero-order valence-electron chi connectivity index (χ0n) is 12.5. The van der Waals surface area contributed by atoms with Gasteiger partial charge in [-0.3, -0.25) is 4.79 Å². The number of rotatable bonds is 5. The van der Waals surface area contributed by atoms with Crippen LogP contribution >= 0.6 is 0 Å². The molecule has 0 bridgehead atoms. The lowest BCUT2D eigenvalue weighted by Crippen LogP contribution is -2.53. The third-order valence-corrected chi connectivity index (χ3v) is 4.12. The summed E-state index contributed by atoms with van der Waals surface area (Å²) >= 11 is 0. The predicted molar refractivity (Wildman–Crippen MR) is 70.9 cm³/mol. The first-order valence-corrected chi connectivity index (χ1v) is 6.75. The van der Waals surface area contributed by atoms with Gasteiger partial charge in [0, 0.05) is 5.54 Å². The molecule has 3 atom stereocenters. The van der Waals surface area contributed by atoms with Crippen LogP contribution in [0.2, 0.25) is 0 Å². The highest BCUT2D eigenvalue weighted by Crippen LogP contribution is 2.43. The van der Waals surface area contributed by atoms with Crippen molar-refractivity contribution in [3.63, 3.8) is 0 Å². The summed E-state index contributed by atoms with van der Waals surface area (Å²) in [5, 5.41) is 43.2. The summed E-state index contributed by atoms with van der Waals surface area (Å²) in [5.74, 6) is -0.942. The second-order valence-electron chi connectivity index (χ2n) is 6.56. The van der Waals surface area contributed by atoms with Crippen LogP contribution < -0.4 is 5.32 Å². The van der Waals surface area contributed by atoms with Crippen molar-refractivity contribution in [1.29, 1.82) is 0 Å². The molecule has 7 nitrogen and oxygen atoms in total. The Kier molecular flexibility index (Phi) is 5.15. The molecular formula is C13H25N2O5. The number of hydroxylamine groups is 2. The van der Waals surface area contributed by atoms with Crippen molar-refractivity contribution in [3.05, 3.63) is 0 Å². The molecular weight excluding hydrogens is 264 g/mol. The monoisotopic (exact) mass is 289 g/mol. The van der Waals surface area contributed by atoms with Crippen molar-refractivity contribution in [2.75, 3.05) is 13.2 Å². The predicted octanol–water partition coefficient (Wildman–Crippen LogP) is -0.959. The molecule has 1 radical (unpaired) electrons. The van der Waals surface area contributed by atoms with Crippen molar-refractivity contribution >= 4 is 5.91 Å². The van der Waals surface area contributed by atoms with Crippen LogP contribution in [0.15, 0.2) is 0 Å². The van der Waals surface area contributed by atoms with Crippen LogP contribution in [0.3, 0.4) is 0 Å². The number of amides is 1. The Morgan fingerprint density at radius 2 is 1.85 bits per heavy atom. The molecule has 4 N–H and O–H groups in total. The first kappa shape index (κ1) is 17.3. The van der Waals surface area contributed by atoms with E-state index in [0.717, 1.165) is 5.06 Å². The molecule has 1 heterocycles. The number of nitrogens with one attached hydrogen (secondary N) is 1. The maximum absolute atomic E-state index is 12.3. The van der Waals surface area contributed by atoms with Crippen LogP contribution in [0.25, 0.3) is 0 Å². The maximum atomic E-state index is 12.3. The number of nitrogens with zero attached hydrogens (tertiary/aromatic N) is 1. The summed E-state index contributed by atoms with van der Waals surface area (Å²) in [6, 6.07) is -0.938. The highest BCUT2D eigenvalue weighted by Gasteiger charge is 2.55. The van der Waals surface area contributed by atoms with Gasteiger partial charge in [0.05, 0.1) is 36.8 Å². The summed E-state index contributed by atoms with van der Waals surface area (Å²) in [6.07, 6.45) is -0.840. The van der Waals surface area contributed by atoms with Gasteiger partial charge in [0.25, 0.3) is 0 Å². The van der Waals surface area contributed by atoms with Crippen LogP contribution in [0, 0.1) is 5.92 Å². The van der Waals surface area contributed by atoms with E-state index in [1.54, 1.807) is 27.7 Å². The van der Waals surface area contributed by atoms with Crippen molar-refractivity contribution in [1.82, 2.24) is 10.4 Å². The van der Waals surface area contributed by atoms with Crippen LogP contribution in [-0.2, 0) is 10.0 Å². The summed E-state index contributed by atoms with van der Waals surface area (Å²) in [7, 11) is 0. The molecule has 7 heteroatoms. The first-order chi connectivity index (χ1) is 9.07. The summed E-state index contributed by atoms with van der Waals surface area (Å²) in [6.45, 7) is 5.93. The zero-order valence-corrected chi connectivity index (χ0v) is 12.5. The zero-order chi connectivity index (χ0) is 15.7. The van der Waals surface area contributed by atoms with Crippen LogP contribution in [0.5, 0.6) is 0 Å². The molecule has 1 aliphatic rings. The summed E-state index contributed by atoms with van der Waals surface area (Å²) in [4.78, 5) is 12.3. The number of aliphatic hydroxyl groups excluding tert-OH is 3. The van der Waals surface area contributed by atoms with E-state index in [-0.39, 0.29) is 0 Å². The smallest absolute Gasteiger partial charge is 0.225 e. The Morgan fingerprint density at radius 1 is 1.30 bits per heavy atom. The van der Waals surface area contributed by atoms with Gasteiger partial charge < -0.3 is 20.6 Å². The van der Waals surface area contributed by atoms with Crippen LogP contribution in [-0.4, -0.2) is 62.7 Å². The molecule has 0 aliphatic carbocycles. The minimum absolute atomic E-state index is 0.392. The average molecular weight is 289 g/mol. The fraction of sp³-hybridized carbons (Fsp3) is 0.923. The van der Waals surface area contributed by atoms with E-state index in [0.29, 0.717) is 6.42 Å². The van der Waals surface area contributed by atoms with E-state index in [9.17, 15) is 15.1 Å². The number of hydrogen-bond donors (Lipinski definition) is 4. The molecule has 3 unspecified atom stereocenters. The molecule has 1 rings (SSSR count). The minimum atomic E-state index is -1.23. The number of carbonyl (C=O) groups excluding carboxylic acids is 1. The standard InChI is InChI=1S/C13H25N2O5/c1-12(2)5-8(13(3,4)15(12)20)11(19)14-9(6-16)10(18)7-17/h8-10,16-18H,5-7H2,1-4H3,(H,14,19).